The number of anilines is 1. The van der Waals surface area contributed by atoms with Crippen LogP contribution in [0.4, 0.5) is 5.82 Å². The minimum atomic E-state index is 0.748. The van der Waals surface area contributed by atoms with Gasteiger partial charge in [0.15, 0.2) is 5.65 Å². The molecule has 0 aliphatic carbocycles. The summed E-state index contributed by atoms with van der Waals surface area (Å²) in [6, 6.07) is 4.11. The van der Waals surface area contributed by atoms with E-state index in [1.54, 1.807) is 6.33 Å². The molecule has 2 rings (SSSR count). The molecule has 0 atom stereocenters. The summed E-state index contributed by atoms with van der Waals surface area (Å²) in [5.41, 5.74) is 2.07. The van der Waals surface area contributed by atoms with Crippen LogP contribution >= 0.6 is 11.6 Å². The molecule has 0 amide bonds. The van der Waals surface area contributed by atoms with Crippen molar-refractivity contribution in [2.45, 2.75) is 26.2 Å². The van der Waals surface area contributed by atoms with Gasteiger partial charge in [0.2, 0.25) is 0 Å². The number of hydrogen-bond acceptors (Lipinski definition) is 3. The molecule has 2 aromatic rings. The Balaban J connectivity index is 2.00. The summed E-state index contributed by atoms with van der Waals surface area (Å²) >= 11 is 5.64. The van der Waals surface area contributed by atoms with Crippen LogP contribution in [0.2, 0.25) is 0 Å². The van der Waals surface area contributed by atoms with Crippen molar-refractivity contribution in [3.8, 4) is 0 Å². The molecule has 0 saturated carbocycles. The molecule has 0 bridgehead atoms. The van der Waals surface area contributed by atoms with Crippen molar-refractivity contribution in [3.63, 3.8) is 0 Å². The third kappa shape index (κ3) is 3.09. The number of unbranched alkanes of at least 4 members (excludes halogenated alkanes) is 2. The standard InChI is InChI=1S/C12H17ClN4/c1-10-7-11(14-6-4-2-3-5-13)17-12(8-10)15-9-16-17/h7-9,14H,2-6H2,1H3. The average Bonchev–Trinajstić information content (AvgIpc) is 2.76. The van der Waals surface area contributed by atoms with E-state index in [2.05, 4.69) is 28.4 Å². The van der Waals surface area contributed by atoms with Crippen molar-refractivity contribution in [2.24, 2.45) is 0 Å². The Morgan fingerprint density at radius 2 is 2.18 bits per heavy atom. The molecule has 0 aliphatic rings. The fourth-order valence-corrected chi connectivity index (χ4v) is 1.98. The number of alkyl halides is 1. The maximum absolute atomic E-state index is 5.64. The first-order valence-corrected chi connectivity index (χ1v) is 6.45. The Morgan fingerprint density at radius 3 is 3.00 bits per heavy atom. The predicted octanol–water partition coefficient (Wildman–Crippen LogP) is 2.86. The molecule has 0 aromatic carbocycles. The molecule has 17 heavy (non-hydrogen) atoms. The summed E-state index contributed by atoms with van der Waals surface area (Å²) in [5.74, 6) is 1.75. The van der Waals surface area contributed by atoms with E-state index < -0.39 is 0 Å². The number of halogens is 1. The molecule has 4 nitrogen and oxygen atoms in total. The number of rotatable bonds is 6. The van der Waals surface area contributed by atoms with Crippen LogP contribution in [0.25, 0.3) is 5.65 Å². The molecule has 2 aromatic heterocycles. The molecule has 0 fully saturated rings. The van der Waals surface area contributed by atoms with Crippen LogP contribution in [0.5, 0.6) is 0 Å². The third-order valence-electron chi connectivity index (χ3n) is 2.64. The maximum atomic E-state index is 5.64. The van der Waals surface area contributed by atoms with E-state index >= 15 is 0 Å². The Morgan fingerprint density at radius 1 is 1.29 bits per heavy atom. The van der Waals surface area contributed by atoms with Gasteiger partial charge >= 0.3 is 0 Å². The van der Waals surface area contributed by atoms with Gasteiger partial charge < -0.3 is 5.32 Å². The van der Waals surface area contributed by atoms with Crippen molar-refractivity contribution in [3.05, 3.63) is 24.0 Å². The highest BCUT2D eigenvalue weighted by atomic mass is 35.5. The normalized spacial score (nSPS) is 10.9. The minimum Gasteiger partial charge on any atom is -0.370 e. The Kier molecular flexibility index (Phi) is 4.20. The highest BCUT2D eigenvalue weighted by molar-refractivity contribution is 6.17. The molecule has 0 spiro atoms. The van der Waals surface area contributed by atoms with Gasteiger partial charge in [0.25, 0.3) is 0 Å². The molecule has 0 unspecified atom stereocenters. The number of pyridine rings is 1. The molecule has 92 valence electrons. The Hall–Kier alpha value is -1.29. The molecule has 0 aliphatic heterocycles. The fourth-order valence-electron chi connectivity index (χ4n) is 1.80. The number of nitrogens with zero attached hydrogens (tertiary/aromatic N) is 3. The monoisotopic (exact) mass is 252 g/mol. The average molecular weight is 253 g/mol. The van der Waals surface area contributed by atoms with Crippen LogP contribution in [0, 0.1) is 6.92 Å². The highest BCUT2D eigenvalue weighted by Crippen LogP contribution is 2.13. The van der Waals surface area contributed by atoms with Crippen LogP contribution in [0.15, 0.2) is 18.5 Å². The summed E-state index contributed by atoms with van der Waals surface area (Å²) in [6.45, 7) is 3.00. The van der Waals surface area contributed by atoms with Gasteiger partial charge in [-0.15, -0.1) is 11.6 Å². The molecule has 2 heterocycles. The van der Waals surface area contributed by atoms with E-state index in [4.69, 9.17) is 11.6 Å². The van der Waals surface area contributed by atoms with E-state index in [1.807, 2.05) is 10.6 Å². The quantitative estimate of drug-likeness (QED) is 0.635. The van der Waals surface area contributed by atoms with Crippen molar-refractivity contribution in [2.75, 3.05) is 17.7 Å². The zero-order valence-electron chi connectivity index (χ0n) is 9.99. The van der Waals surface area contributed by atoms with E-state index in [9.17, 15) is 0 Å². The third-order valence-corrected chi connectivity index (χ3v) is 2.91. The van der Waals surface area contributed by atoms with Crippen molar-refractivity contribution in [1.82, 2.24) is 14.6 Å². The van der Waals surface area contributed by atoms with Crippen molar-refractivity contribution in [1.29, 1.82) is 0 Å². The molecule has 5 heteroatoms. The van der Waals surface area contributed by atoms with Gasteiger partial charge in [-0.2, -0.15) is 9.61 Å². The van der Waals surface area contributed by atoms with Gasteiger partial charge in [0, 0.05) is 12.4 Å². The molecule has 0 saturated heterocycles. The van der Waals surface area contributed by atoms with Crippen LogP contribution < -0.4 is 5.32 Å². The van der Waals surface area contributed by atoms with Crippen molar-refractivity contribution >= 4 is 23.1 Å². The first kappa shape index (κ1) is 12.2. The lowest BCUT2D eigenvalue weighted by atomic mass is 10.2. The summed E-state index contributed by atoms with van der Waals surface area (Å²) in [5, 5.41) is 7.59. The second-order valence-electron chi connectivity index (χ2n) is 4.12. The van der Waals surface area contributed by atoms with Gasteiger partial charge in [-0.25, -0.2) is 4.98 Å². The summed E-state index contributed by atoms with van der Waals surface area (Å²) in [4.78, 5) is 4.19. The zero-order valence-corrected chi connectivity index (χ0v) is 10.7. The number of hydrogen-bond donors (Lipinski definition) is 1. The lowest BCUT2D eigenvalue weighted by Gasteiger charge is -2.08. The number of aryl methyl sites for hydroxylation is 1. The maximum Gasteiger partial charge on any atom is 0.157 e. The fraction of sp³-hybridized carbons (Fsp3) is 0.500. The zero-order chi connectivity index (χ0) is 12.1. The van der Waals surface area contributed by atoms with E-state index in [-0.39, 0.29) is 0 Å². The van der Waals surface area contributed by atoms with Gasteiger partial charge in [-0.1, -0.05) is 6.42 Å². The number of fused-ring (bicyclic) bond motifs is 1. The smallest absolute Gasteiger partial charge is 0.157 e. The van der Waals surface area contributed by atoms with Crippen LogP contribution in [0.3, 0.4) is 0 Å². The predicted molar refractivity (Wildman–Crippen MR) is 70.8 cm³/mol. The van der Waals surface area contributed by atoms with E-state index in [1.165, 1.54) is 5.56 Å². The second-order valence-corrected chi connectivity index (χ2v) is 4.50. The highest BCUT2D eigenvalue weighted by Gasteiger charge is 2.02. The van der Waals surface area contributed by atoms with Gasteiger partial charge in [-0.3, -0.25) is 0 Å². The van der Waals surface area contributed by atoms with Crippen LogP contribution in [0.1, 0.15) is 24.8 Å². The van der Waals surface area contributed by atoms with Crippen LogP contribution in [-0.4, -0.2) is 27.0 Å². The Bertz CT molecular complexity index is 480. The Labute approximate surface area is 106 Å². The molecule has 0 radical (unpaired) electrons. The van der Waals surface area contributed by atoms with Crippen molar-refractivity contribution < 1.29 is 0 Å². The lowest BCUT2D eigenvalue weighted by Crippen LogP contribution is -2.07. The van der Waals surface area contributed by atoms with Gasteiger partial charge in [0.05, 0.1) is 0 Å². The summed E-state index contributed by atoms with van der Waals surface area (Å²) in [6.07, 6.45) is 4.93. The van der Waals surface area contributed by atoms with Gasteiger partial charge in [-0.05, 0) is 37.5 Å². The SMILES string of the molecule is Cc1cc(NCCCCCCl)n2ncnc2c1. The molecular weight excluding hydrogens is 236 g/mol. The van der Waals surface area contributed by atoms with Crippen LogP contribution in [-0.2, 0) is 0 Å². The lowest BCUT2D eigenvalue weighted by molar-refractivity contribution is 0.743. The number of aromatic nitrogens is 3. The minimum absolute atomic E-state index is 0.748. The van der Waals surface area contributed by atoms with E-state index in [0.717, 1.165) is 43.2 Å². The first-order valence-electron chi connectivity index (χ1n) is 5.91. The van der Waals surface area contributed by atoms with Gasteiger partial charge in [0.1, 0.15) is 12.1 Å². The van der Waals surface area contributed by atoms with E-state index in [0.29, 0.717) is 0 Å². The second kappa shape index (κ2) is 5.87. The topological polar surface area (TPSA) is 42.2 Å². The number of nitrogens with one attached hydrogen (secondary N) is 1. The molecular formula is C12H17ClN4. The largest absolute Gasteiger partial charge is 0.370 e. The molecule has 1 N–H and O–H groups in total. The first-order chi connectivity index (χ1) is 8.31. The summed E-state index contributed by atoms with van der Waals surface area (Å²) < 4.78 is 1.83. The summed E-state index contributed by atoms with van der Waals surface area (Å²) in [7, 11) is 0.